The first-order valence-corrected chi connectivity index (χ1v) is 9.81. The van der Waals surface area contributed by atoms with Crippen molar-refractivity contribution < 1.29 is 9.47 Å². The molecule has 0 bridgehead atoms. The van der Waals surface area contributed by atoms with Gasteiger partial charge in [0, 0.05) is 31.2 Å². The lowest BCUT2D eigenvalue weighted by Crippen LogP contribution is -2.07. The van der Waals surface area contributed by atoms with E-state index in [1.54, 1.807) is 25.6 Å². The molecule has 29 heavy (non-hydrogen) atoms. The van der Waals surface area contributed by atoms with E-state index >= 15 is 0 Å². The molecule has 8 heteroatoms. The van der Waals surface area contributed by atoms with Crippen molar-refractivity contribution >= 4 is 35.2 Å². The predicted octanol–water partition coefficient (Wildman–Crippen LogP) is 5.67. The van der Waals surface area contributed by atoms with Gasteiger partial charge in [0.25, 0.3) is 0 Å². The highest BCUT2D eigenvalue weighted by molar-refractivity contribution is 7.08. The summed E-state index contributed by atoms with van der Waals surface area (Å²) >= 11 is 7.51. The molecule has 2 aromatic carbocycles. The van der Waals surface area contributed by atoms with Crippen molar-refractivity contribution in [1.29, 1.82) is 5.26 Å². The highest BCUT2D eigenvalue weighted by Crippen LogP contribution is 2.40. The number of hydrogen-bond acceptors (Lipinski definition) is 6. The minimum absolute atomic E-state index is 0.364. The third-order valence-electron chi connectivity index (χ3n) is 4.02. The topological polar surface area (TPSA) is 70.7 Å². The number of nitrogens with zero attached hydrogens (tertiary/aromatic N) is 4. The molecule has 0 amide bonds. The average Bonchev–Trinajstić information content (AvgIpc) is 3.12. The molecule has 3 aromatic rings. The molecular weight excluding hydrogens is 408 g/mol. The zero-order valence-electron chi connectivity index (χ0n) is 16.4. The van der Waals surface area contributed by atoms with Gasteiger partial charge in [-0.05, 0) is 48.9 Å². The third kappa shape index (κ3) is 4.67. The molecule has 0 unspecified atom stereocenters. The van der Waals surface area contributed by atoms with Crippen LogP contribution in [0.4, 0.5) is 5.69 Å². The molecule has 0 aliphatic heterocycles. The van der Waals surface area contributed by atoms with Crippen LogP contribution in [-0.4, -0.2) is 36.8 Å². The number of methoxy groups -OCH3 is 1. The molecule has 1 heterocycles. The van der Waals surface area contributed by atoms with Gasteiger partial charge in [0.05, 0.1) is 24.2 Å². The maximum atomic E-state index is 9.67. The number of aryl methyl sites for hydroxylation is 1. The van der Waals surface area contributed by atoms with E-state index in [4.69, 9.17) is 21.1 Å². The normalized spacial score (nSPS) is 10.8. The van der Waals surface area contributed by atoms with Gasteiger partial charge < -0.3 is 14.4 Å². The fraction of sp³-hybridized carbons (Fsp3) is 0.190. The molecule has 0 saturated carbocycles. The SMILES string of the molecule is COc1ccc(-c2nsc(Oc3cc(C)c(/N=C\N(C)C)cc3Cl)c2C#N)cc1. The zero-order chi connectivity index (χ0) is 21.0. The summed E-state index contributed by atoms with van der Waals surface area (Å²) in [6, 6.07) is 13.1. The minimum Gasteiger partial charge on any atom is -0.497 e. The van der Waals surface area contributed by atoms with Crippen LogP contribution in [0.3, 0.4) is 0 Å². The second-order valence-electron chi connectivity index (χ2n) is 6.41. The van der Waals surface area contributed by atoms with Gasteiger partial charge in [-0.15, -0.1) is 0 Å². The molecule has 1 aromatic heterocycles. The third-order valence-corrected chi connectivity index (χ3v) is 5.04. The molecule has 0 saturated heterocycles. The fourth-order valence-corrected chi connectivity index (χ4v) is 3.46. The van der Waals surface area contributed by atoms with Crippen molar-refractivity contribution in [3.8, 4) is 33.9 Å². The Morgan fingerprint density at radius 1 is 1.24 bits per heavy atom. The molecule has 0 radical (unpaired) electrons. The molecule has 0 aliphatic carbocycles. The molecule has 148 valence electrons. The van der Waals surface area contributed by atoms with Gasteiger partial charge in [0.2, 0.25) is 5.06 Å². The Bertz CT molecular complexity index is 1090. The summed E-state index contributed by atoms with van der Waals surface area (Å²) < 4.78 is 15.5. The van der Waals surface area contributed by atoms with E-state index < -0.39 is 0 Å². The summed E-state index contributed by atoms with van der Waals surface area (Å²) in [5.74, 6) is 1.19. The fourth-order valence-electron chi connectivity index (χ4n) is 2.53. The zero-order valence-corrected chi connectivity index (χ0v) is 18.0. The number of halogens is 1. The van der Waals surface area contributed by atoms with Gasteiger partial charge in [0.15, 0.2) is 0 Å². The predicted molar refractivity (Wildman–Crippen MR) is 117 cm³/mol. The van der Waals surface area contributed by atoms with Gasteiger partial charge in [0.1, 0.15) is 28.8 Å². The highest BCUT2D eigenvalue weighted by Gasteiger charge is 2.19. The van der Waals surface area contributed by atoms with Crippen LogP contribution in [0.5, 0.6) is 16.6 Å². The molecule has 0 spiro atoms. The van der Waals surface area contributed by atoms with Crippen LogP contribution in [0.2, 0.25) is 5.02 Å². The largest absolute Gasteiger partial charge is 0.497 e. The maximum Gasteiger partial charge on any atom is 0.218 e. The Morgan fingerprint density at radius 3 is 2.59 bits per heavy atom. The van der Waals surface area contributed by atoms with Gasteiger partial charge in [-0.25, -0.2) is 4.99 Å². The number of ether oxygens (including phenoxy) is 2. The number of benzene rings is 2. The quantitative estimate of drug-likeness (QED) is 0.375. The number of aliphatic imine (C=N–C) groups is 1. The van der Waals surface area contributed by atoms with Crippen molar-refractivity contribution in [3.63, 3.8) is 0 Å². The second kappa shape index (κ2) is 8.95. The number of hydrogen-bond donors (Lipinski definition) is 0. The van der Waals surface area contributed by atoms with Crippen LogP contribution in [0.1, 0.15) is 11.1 Å². The van der Waals surface area contributed by atoms with Crippen LogP contribution in [0, 0.1) is 18.3 Å². The highest BCUT2D eigenvalue weighted by atomic mass is 35.5. The smallest absolute Gasteiger partial charge is 0.218 e. The molecule has 0 atom stereocenters. The Kier molecular flexibility index (Phi) is 6.37. The van der Waals surface area contributed by atoms with Gasteiger partial charge in [-0.3, -0.25) is 0 Å². The van der Waals surface area contributed by atoms with Crippen LogP contribution in [0.15, 0.2) is 41.4 Å². The molecular formula is C21H19ClN4O2S. The van der Waals surface area contributed by atoms with Crippen LogP contribution in [0.25, 0.3) is 11.3 Å². The van der Waals surface area contributed by atoms with Gasteiger partial charge >= 0.3 is 0 Å². The lowest BCUT2D eigenvalue weighted by atomic mass is 10.1. The van der Waals surface area contributed by atoms with Crippen molar-refractivity contribution in [3.05, 3.63) is 52.5 Å². The average molecular weight is 427 g/mol. The van der Waals surface area contributed by atoms with Crippen molar-refractivity contribution in [1.82, 2.24) is 9.27 Å². The van der Waals surface area contributed by atoms with Gasteiger partial charge in [-0.2, -0.15) is 9.64 Å². The van der Waals surface area contributed by atoms with E-state index in [2.05, 4.69) is 15.4 Å². The maximum absolute atomic E-state index is 9.67. The van der Waals surface area contributed by atoms with Crippen LogP contribution >= 0.6 is 23.1 Å². The van der Waals surface area contributed by atoms with Crippen molar-refractivity contribution in [2.45, 2.75) is 6.92 Å². The Balaban J connectivity index is 1.92. The van der Waals surface area contributed by atoms with Crippen molar-refractivity contribution in [2.24, 2.45) is 4.99 Å². The van der Waals surface area contributed by atoms with E-state index in [0.717, 1.165) is 34.1 Å². The molecule has 0 aliphatic rings. The lowest BCUT2D eigenvalue weighted by Gasteiger charge is -2.10. The van der Waals surface area contributed by atoms with Gasteiger partial charge in [-0.1, -0.05) is 11.6 Å². The molecule has 3 rings (SSSR count). The Labute approximate surface area is 178 Å². The summed E-state index contributed by atoms with van der Waals surface area (Å²) in [7, 11) is 5.39. The summed E-state index contributed by atoms with van der Waals surface area (Å²) in [5.41, 5.74) is 3.39. The van der Waals surface area contributed by atoms with E-state index in [1.165, 1.54) is 0 Å². The monoisotopic (exact) mass is 426 g/mol. The number of rotatable bonds is 6. The summed E-state index contributed by atoms with van der Waals surface area (Å²) in [6.07, 6.45) is 1.71. The van der Waals surface area contributed by atoms with E-state index in [9.17, 15) is 5.26 Å². The first-order valence-electron chi connectivity index (χ1n) is 8.65. The van der Waals surface area contributed by atoms with Crippen molar-refractivity contribution in [2.75, 3.05) is 21.2 Å². The van der Waals surface area contributed by atoms with E-state index in [1.807, 2.05) is 50.2 Å². The number of nitriles is 1. The Hall–Kier alpha value is -3.08. The van der Waals surface area contributed by atoms with E-state index in [0.29, 0.717) is 27.1 Å². The standard InChI is InChI=1S/C21H19ClN4O2S/c1-13-9-19(17(22)10-18(13)24-12-26(2)3)28-21-16(11-23)20(25-29-21)14-5-7-15(27-4)8-6-14/h5-10,12H,1-4H3/b24-12-. The first kappa shape index (κ1) is 20.6. The van der Waals surface area contributed by atoms with E-state index in [-0.39, 0.29) is 0 Å². The molecule has 0 fully saturated rings. The summed E-state index contributed by atoms with van der Waals surface area (Å²) in [6.45, 7) is 1.92. The number of aromatic nitrogens is 1. The summed E-state index contributed by atoms with van der Waals surface area (Å²) in [4.78, 5) is 6.24. The summed E-state index contributed by atoms with van der Waals surface area (Å²) in [5, 5.41) is 10.5. The van der Waals surface area contributed by atoms with Crippen LogP contribution in [-0.2, 0) is 0 Å². The molecule has 0 N–H and O–H groups in total. The lowest BCUT2D eigenvalue weighted by molar-refractivity contribution is 0.415. The molecule has 6 nitrogen and oxygen atoms in total. The first-order chi connectivity index (χ1) is 13.9. The Morgan fingerprint density at radius 2 is 1.97 bits per heavy atom. The van der Waals surface area contributed by atoms with Crippen LogP contribution < -0.4 is 9.47 Å². The minimum atomic E-state index is 0.364. The second-order valence-corrected chi connectivity index (χ2v) is 7.56.